The largest absolute Gasteiger partial charge is 0.392 e. The molecule has 0 aromatic carbocycles. The number of alkyl halides is 3. The Bertz CT molecular complexity index is 442. The molecule has 0 spiro atoms. The third kappa shape index (κ3) is 3.15. The van der Waals surface area contributed by atoms with E-state index in [1.165, 1.54) is 0 Å². The van der Waals surface area contributed by atoms with Crippen molar-refractivity contribution in [1.82, 2.24) is 4.98 Å². The molecule has 0 bridgehead atoms. The second-order valence-corrected chi connectivity index (χ2v) is 4.60. The van der Waals surface area contributed by atoms with E-state index in [-0.39, 0.29) is 32.5 Å². The van der Waals surface area contributed by atoms with Crippen molar-refractivity contribution in [2.75, 3.05) is 18.0 Å². The molecular weight excluding hydrogens is 264 g/mol. The number of piperidine rings is 1. The molecule has 0 saturated carbocycles. The zero-order chi connectivity index (χ0) is 14.0. The van der Waals surface area contributed by atoms with Gasteiger partial charge in [-0.25, -0.2) is 9.37 Å². The minimum absolute atomic E-state index is 0.00652. The highest BCUT2D eigenvalue weighted by Gasteiger charge is 2.41. The van der Waals surface area contributed by atoms with Crippen LogP contribution in [-0.2, 0) is 6.61 Å². The number of halogens is 4. The van der Waals surface area contributed by atoms with Gasteiger partial charge in [-0.3, -0.25) is 0 Å². The van der Waals surface area contributed by atoms with E-state index in [0.29, 0.717) is 11.4 Å². The maximum Gasteiger partial charge on any atom is 0.391 e. The van der Waals surface area contributed by atoms with Crippen LogP contribution in [0.2, 0.25) is 0 Å². The minimum Gasteiger partial charge on any atom is -0.392 e. The second kappa shape index (κ2) is 5.32. The van der Waals surface area contributed by atoms with Crippen molar-refractivity contribution in [2.24, 2.45) is 5.92 Å². The molecule has 2 rings (SSSR count). The molecule has 1 fully saturated rings. The summed E-state index contributed by atoms with van der Waals surface area (Å²) < 4.78 is 50.6. The Morgan fingerprint density at radius 3 is 2.47 bits per heavy atom. The van der Waals surface area contributed by atoms with Crippen molar-refractivity contribution in [2.45, 2.75) is 25.6 Å². The van der Waals surface area contributed by atoms with Gasteiger partial charge >= 0.3 is 6.18 Å². The fourth-order valence-electron chi connectivity index (χ4n) is 2.29. The highest BCUT2D eigenvalue weighted by atomic mass is 19.4. The van der Waals surface area contributed by atoms with E-state index in [9.17, 15) is 17.6 Å². The molecule has 0 unspecified atom stereocenters. The molecule has 1 aliphatic heterocycles. The summed E-state index contributed by atoms with van der Waals surface area (Å²) >= 11 is 0. The molecule has 1 aromatic heterocycles. The Balaban J connectivity index is 2.10. The second-order valence-electron chi connectivity index (χ2n) is 4.60. The molecule has 3 nitrogen and oxygen atoms in total. The van der Waals surface area contributed by atoms with Gasteiger partial charge in [0.1, 0.15) is 11.6 Å². The number of hydrogen-bond donors (Lipinski definition) is 1. The monoisotopic (exact) mass is 278 g/mol. The smallest absolute Gasteiger partial charge is 0.391 e. The molecule has 19 heavy (non-hydrogen) atoms. The van der Waals surface area contributed by atoms with Gasteiger partial charge in [-0.15, -0.1) is 0 Å². The number of aliphatic hydroxyl groups excluding tert-OH is 1. The lowest BCUT2D eigenvalue weighted by molar-refractivity contribution is -0.179. The summed E-state index contributed by atoms with van der Waals surface area (Å²) in [4.78, 5) is 5.53. The molecule has 0 amide bonds. The Morgan fingerprint density at radius 2 is 1.95 bits per heavy atom. The van der Waals surface area contributed by atoms with Gasteiger partial charge in [-0.05, 0) is 18.9 Å². The zero-order valence-corrected chi connectivity index (χ0v) is 10.1. The zero-order valence-electron chi connectivity index (χ0n) is 10.1. The number of anilines is 1. The summed E-state index contributed by atoms with van der Waals surface area (Å²) in [5.41, 5.74) is 0.297. The third-order valence-electron chi connectivity index (χ3n) is 3.34. The van der Waals surface area contributed by atoms with Gasteiger partial charge in [0.15, 0.2) is 0 Å². The highest BCUT2D eigenvalue weighted by Crippen LogP contribution is 2.35. The average Bonchev–Trinajstić information content (AvgIpc) is 2.37. The Hall–Kier alpha value is -1.37. The molecule has 0 aliphatic carbocycles. The number of aliphatic hydroxyl groups is 1. The molecule has 0 radical (unpaired) electrons. The molecule has 1 saturated heterocycles. The number of rotatable bonds is 2. The Morgan fingerprint density at radius 1 is 1.32 bits per heavy atom. The van der Waals surface area contributed by atoms with Crippen LogP contribution in [0, 0.1) is 11.7 Å². The normalized spacial score (nSPS) is 17.8. The fourth-order valence-corrected chi connectivity index (χ4v) is 2.29. The van der Waals surface area contributed by atoms with E-state index in [1.54, 1.807) is 4.90 Å². The van der Waals surface area contributed by atoms with Gasteiger partial charge < -0.3 is 10.0 Å². The summed E-state index contributed by atoms with van der Waals surface area (Å²) in [6, 6.07) is 1.15. The van der Waals surface area contributed by atoms with Crippen molar-refractivity contribution in [3.63, 3.8) is 0 Å². The third-order valence-corrected chi connectivity index (χ3v) is 3.34. The first kappa shape index (κ1) is 14.0. The van der Waals surface area contributed by atoms with Crippen molar-refractivity contribution in [3.8, 4) is 0 Å². The van der Waals surface area contributed by atoms with Gasteiger partial charge in [0, 0.05) is 18.7 Å². The standard InChI is InChI=1S/C12H14F4N2O/c13-10-5-8(7-19)11(17-6-10)18-3-1-9(2-4-18)12(14,15)16/h5-6,9,19H,1-4,7H2. The molecule has 7 heteroatoms. The summed E-state index contributed by atoms with van der Waals surface area (Å²) in [7, 11) is 0. The minimum atomic E-state index is -4.16. The van der Waals surface area contributed by atoms with Gasteiger partial charge in [0.25, 0.3) is 0 Å². The number of nitrogens with zero attached hydrogens (tertiary/aromatic N) is 2. The lowest BCUT2D eigenvalue weighted by atomic mass is 9.96. The molecule has 0 atom stereocenters. The van der Waals surface area contributed by atoms with E-state index < -0.39 is 17.9 Å². The number of aromatic nitrogens is 1. The van der Waals surface area contributed by atoms with Crippen molar-refractivity contribution < 1.29 is 22.7 Å². The molecule has 1 aromatic rings. The van der Waals surface area contributed by atoms with Crippen molar-refractivity contribution in [1.29, 1.82) is 0 Å². The van der Waals surface area contributed by atoms with Crippen LogP contribution in [-0.4, -0.2) is 29.4 Å². The Kier molecular flexibility index (Phi) is 3.93. The SMILES string of the molecule is OCc1cc(F)cnc1N1CCC(C(F)(F)F)CC1. The van der Waals surface area contributed by atoms with E-state index in [4.69, 9.17) is 5.11 Å². The van der Waals surface area contributed by atoms with Crippen LogP contribution in [0.15, 0.2) is 12.3 Å². The quantitative estimate of drug-likeness (QED) is 0.844. The van der Waals surface area contributed by atoms with Crippen LogP contribution in [0.25, 0.3) is 0 Å². The fraction of sp³-hybridized carbons (Fsp3) is 0.583. The Labute approximate surface area is 107 Å². The average molecular weight is 278 g/mol. The van der Waals surface area contributed by atoms with Gasteiger partial charge in [0.05, 0.1) is 18.7 Å². The van der Waals surface area contributed by atoms with Gasteiger partial charge in [-0.2, -0.15) is 13.2 Å². The maximum absolute atomic E-state index is 13.0. The topological polar surface area (TPSA) is 36.4 Å². The van der Waals surface area contributed by atoms with E-state index in [2.05, 4.69) is 4.98 Å². The summed E-state index contributed by atoms with van der Waals surface area (Å²) in [5, 5.41) is 9.14. The van der Waals surface area contributed by atoms with E-state index >= 15 is 0 Å². The predicted octanol–water partition coefficient (Wildman–Crippen LogP) is 2.49. The van der Waals surface area contributed by atoms with Crippen molar-refractivity contribution in [3.05, 3.63) is 23.6 Å². The van der Waals surface area contributed by atoms with Gasteiger partial charge in [0.2, 0.25) is 0 Å². The number of hydrogen-bond acceptors (Lipinski definition) is 3. The first-order valence-electron chi connectivity index (χ1n) is 5.98. The van der Waals surface area contributed by atoms with Crippen LogP contribution in [0.3, 0.4) is 0 Å². The van der Waals surface area contributed by atoms with Gasteiger partial charge in [-0.1, -0.05) is 0 Å². The van der Waals surface area contributed by atoms with Crippen LogP contribution in [0.5, 0.6) is 0 Å². The maximum atomic E-state index is 13.0. The van der Waals surface area contributed by atoms with Crippen LogP contribution in [0.1, 0.15) is 18.4 Å². The predicted molar refractivity (Wildman–Crippen MR) is 61.1 cm³/mol. The number of pyridine rings is 1. The van der Waals surface area contributed by atoms with Crippen molar-refractivity contribution >= 4 is 5.82 Å². The first-order valence-corrected chi connectivity index (χ1v) is 5.98. The van der Waals surface area contributed by atoms with Crippen LogP contribution < -0.4 is 4.90 Å². The summed E-state index contributed by atoms with van der Waals surface area (Å²) in [6.07, 6.45) is -3.17. The first-order chi connectivity index (χ1) is 8.91. The van der Waals surface area contributed by atoms with E-state index in [0.717, 1.165) is 12.3 Å². The molecule has 2 heterocycles. The van der Waals surface area contributed by atoms with Crippen LogP contribution >= 0.6 is 0 Å². The molecule has 1 N–H and O–H groups in total. The molecule has 1 aliphatic rings. The highest BCUT2D eigenvalue weighted by molar-refractivity contribution is 5.46. The lowest BCUT2D eigenvalue weighted by Crippen LogP contribution is -2.39. The summed E-state index contributed by atoms with van der Waals surface area (Å²) in [6.45, 7) is 0.0188. The van der Waals surface area contributed by atoms with E-state index in [1.807, 2.05) is 0 Å². The lowest BCUT2D eigenvalue weighted by Gasteiger charge is -2.34. The molecular formula is C12H14F4N2O. The summed E-state index contributed by atoms with van der Waals surface area (Å²) in [5.74, 6) is -1.50. The molecule has 106 valence electrons. The van der Waals surface area contributed by atoms with Crippen LogP contribution in [0.4, 0.5) is 23.4 Å².